The predicted octanol–water partition coefficient (Wildman–Crippen LogP) is 6.69. The molecular formula is C24H25F13N2O5. The third-order valence-electron chi connectivity index (χ3n) is 5.95. The summed E-state index contributed by atoms with van der Waals surface area (Å²) >= 11 is 0. The molecule has 0 heterocycles. The standard InChI is InChI=1S/C24H25F13N2O5/c25-19(26,20(27,28)21(29,30)22(31,32)23(33,34)24(35,36)37)11-12-44-18(42)13-14-7-9-15(10-8-14)38-16(40)5-3-1-2-4-6-17(41)39-43/h7-10,43H,1-6,11-13H2,(H,38,40)(H,39,41). The number of ether oxygens (including phenoxy) is 1. The fraction of sp³-hybridized carbons (Fsp3) is 0.625. The first-order chi connectivity index (χ1) is 19.9. The van der Waals surface area contributed by atoms with E-state index >= 15 is 0 Å². The molecule has 0 aromatic heterocycles. The van der Waals surface area contributed by atoms with Crippen LogP contribution in [0.15, 0.2) is 24.3 Å². The van der Waals surface area contributed by atoms with Gasteiger partial charge in [0.15, 0.2) is 0 Å². The average molecular weight is 668 g/mol. The summed E-state index contributed by atoms with van der Waals surface area (Å²) in [6.07, 6.45) is -8.48. The van der Waals surface area contributed by atoms with Crippen molar-refractivity contribution < 1.29 is 81.4 Å². The van der Waals surface area contributed by atoms with Gasteiger partial charge < -0.3 is 10.1 Å². The third kappa shape index (κ3) is 9.10. The van der Waals surface area contributed by atoms with Crippen LogP contribution in [-0.4, -0.2) is 65.4 Å². The summed E-state index contributed by atoms with van der Waals surface area (Å²) in [5, 5.41) is 10.9. The number of benzene rings is 1. The summed E-state index contributed by atoms with van der Waals surface area (Å²) in [6.45, 7) is -1.85. The zero-order valence-corrected chi connectivity index (χ0v) is 22.2. The van der Waals surface area contributed by atoms with Crippen LogP contribution in [0.25, 0.3) is 0 Å². The van der Waals surface area contributed by atoms with Crippen molar-refractivity contribution in [3.8, 4) is 0 Å². The highest BCUT2D eigenvalue weighted by molar-refractivity contribution is 5.90. The van der Waals surface area contributed by atoms with Crippen LogP contribution in [0, 0.1) is 0 Å². The summed E-state index contributed by atoms with van der Waals surface area (Å²) in [5.74, 6) is -39.9. The van der Waals surface area contributed by atoms with Crippen LogP contribution < -0.4 is 10.8 Å². The molecule has 0 fully saturated rings. The molecule has 1 aromatic carbocycles. The Kier molecular flexibility index (Phi) is 12.9. The maximum Gasteiger partial charge on any atom is 0.460 e. The van der Waals surface area contributed by atoms with E-state index in [0.29, 0.717) is 25.7 Å². The van der Waals surface area contributed by atoms with E-state index in [1.807, 2.05) is 0 Å². The number of esters is 1. The van der Waals surface area contributed by atoms with Crippen molar-refractivity contribution in [2.45, 2.75) is 87.2 Å². The molecule has 0 spiro atoms. The highest BCUT2D eigenvalue weighted by atomic mass is 19.4. The van der Waals surface area contributed by atoms with Crippen LogP contribution in [0.4, 0.5) is 62.8 Å². The van der Waals surface area contributed by atoms with E-state index in [9.17, 15) is 71.5 Å². The second-order valence-electron chi connectivity index (χ2n) is 9.34. The van der Waals surface area contributed by atoms with Crippen LogP contribution >= 0.6 is 0 Å². The molecule has 0 bridgehead atoms. The normalized spacial score (nSPS) is 13.4. The number of nitrogens with one attached hydrogen (secondary N) is 2. The molecule has 7 nitrogen and oxygen atoms in total. The molecule has 3 N–H and O–H groups in total. The number of rotatable bonds is 17. The molecule has 1 aromatic rings. The third-order valence-corrected chi connectivity index (χ3v) is 5.95. The first-order valence-electron chi connectivity index (χ1n) is 12.4. The van der Waals surface area contributed by atoms with Crippen molar-refractivity contribution >= 4 is 23.5 Å². The Labute approximate surface area is 240 Å². The fourth-order valence-corrected chi connectivity index (χ4v) is 3.38. The maximum atomic E-state index is 13.8. The zero-order chi connectivity index (χ0) is 34.2. The molecule has 252 valence electrons. The minimum atomic E-state index is -8.00. The smallest absolute Gasteiger partial charge is 0.460 e. The van der Waals surface area contributed by atoms with Crippen LogP contribution in [0.1, 0.15) is 50.5 Å². The number of hydrogen-bond donors (Lipinski definition) is 3. The summed E-state index contributed by atoms with van der Waals surface area (Å²) in [5.41, 5.74) is 1.83. The second-order valence-corrected chi connectivity index (χ2v) is 9.34. The van der Waals surface area contributed by atoms with E-state index < -0.39 is 73.0 Å². The van der Waals surface area contributed by atoms with Crippen molar-refractivity contribution in [3.05, 3.63) is 29.8 Å². The van der Waals surface area contributed by atoms with Crippen LogP contribution in [0.2, 0.25) is 0 Å². The van der Waals surface area contributed by atoms with Gasteiger partial charge in [0.2, 0.25) is 11.8 Å². The van der Waals surface area contributed by atoms with Gasteiger partial charge in [0.1, 0.15) is 0 Å². The van der Waals surface area contributed by atoms with Crippen molar-refractivity contribution in [3.63, 3.8) is 0 Å². The van der Waals surface area contributed by atoms with Gasteiger partial charge in [0.25, 0.3) is 0 Å². The first-order valence-corrected chi connectivity index (χ1v) is 12.4. The predicted molar refractivity (Wildman–Crippen MR) is 123 cm³/mol. The number of hydroxylamine groups is 1. The lowest BCUT2D eigenvalue weighted by atomic mass is 9.93. The van der Waals surface area contributed by atoms with E-state index in [-0.39, 0.29) is 24.1 Å². The van der Waals surface area contributed by atoms with E-state index in [0.717, 1.165) is 0 Å². The van der Waals surface area contributed by atoms with Crippen molar-refractivity contribution in [1.29, 1.82) is 0 Å². The lowest BCUT2D eigenvalue weighted by Gasteiger charge is -2.39. The Balaban J connectivity index is 2.64. The van der Waals surface area contributed by atoms with Gasteiger partial charge in [-0.1, -0.05) is 25.0 Å². The molecule has 20 heteroatoms. The Hall–Kier alpha value is -3.32. The number of hydrogen-bond acceptors (Lipinski definition) is 5. The van der Waals surface area contributed by atoms with E-state index in [1.54, 1.807) is 0 Å². The molecule has 0 aliphatic heterocycles. The molecule has 0 aliphatic rings. The number of halogens is 13. The Bertz CT molecular complexity index is 1130. The zero-order valence-electron chi connectivity index (χ0n) is 22.2. The number of unbranched alkanes of at least 4 members (excludes halogenated alkanes) is 3. The van der Waals surface area contributed by atoms with Crippen LogP contribution in [0.5, 0.6) is 0 Å². The van der Waals surface area contributed by atoms with E-state index in [1.165, 1.54) is 29.7 Å². The quantitative estimate of drug-likeness (QED) is 0.0565. The largest absolute Gasteiger partial charge is 0.465 e. The molecule has 0 unspecified atom stereocenters. The minimum Gasteiger partial charge on any atom is -0.465 e. The van der Waals surface area contributed by atoms with Crippen molar-refractivity contribution in [1.82, 2.24) is 5.48 Å². The Morgan fingerprint density at radius 2 is 1.14 bits per heavy atom. The lowest BCUT2D eigenvalue weighted by Crippen LogP contribution is -2.70. The molecule has 0 aliphatic carbocycles. The van der Waals surface area contributed by atoms with E-state index in [2.05, 4.69) is 10.1 Å². The van der Waals surface area contributed by atoms with Gasteiger partial charge in [0, 0.05) is 18.5 Å². The van der Waals surface area contributed by atoms with Gasteiger partial charge in [-0.3, -0.25) is 19.6 Å². The van der Waals surface area contributed by atoms with Crippen LogP contribution in [-0.2, 0) is 25.5 Å². The summed E-state index contributed by atoms with van der Waals surface area (Å²) in [7, 11) is 0. The number of carbonyl (C=O) groups excluding carboxylic acids is 3. The monoisotopic (exact) mass is 668 g/mol. The summed E-state index contributed by atoms with van der Waals surface area (Å²) < 4.78 is 175. The van der Waals surface area contributed by atoms with Gasteiger partial charge >= 0.3 is 41.8 Å². The number of anilines is 1. The van der Waals surface area contributed by atoms with Crippen molar-refractivity contribution in [2.75, 3.05) is 11.9 Å². The van der Waals surface area contributed by atoms with Gasteiger partial charge in [-0.05, 0) is 30.5 Å². The lowest BCUT2D eigenvalue weighted by molar-refractivity contribution is -0.440. The highest BCUT2D eigenvalue weighted by Gasteiger charge is 2.90. The number of carbonyl (C=O) groups is 3. The summed E-state index contributed by atoms with van der Waals surface area (Å²) in [6, 6.07) is 5.05. The van der Waals surface area contributed by atoms with Crippen molar-refractivity contribution in [2.24, 2.45) is 0 Å². The topological polar surface area (TPSA) is 105 Å². The van der Waals surface area contributed by atoms with Gasteiger partial charge in [-0.15, -0.1) is 0 Å². The second kappa shape index (κ2) is 14.6. The Morgan fingerprint density at radius 1 is 0.659 bits per heavy atom. The molecule has 0 radical (unpaired) electrons. The van der Waals surface area contributed by atoms with Gasteiger partial charge in [-0.25, -0.2) is 5.48 Å². The molecule has 0 atom stereocenters. The van der Waals surface area contributed by atoms with E-state index in [4.69, 9.17) is 5.21 Å². The molecule has 0 saturated heterocycles. The molecule has 44 heavy (non-hydrogen) atoms. The van der Waals surface area contributed by atoms with Gasteiger partial charge in [-0.2, -0.15) is 57.1 Å². The fourth-order valence-electron chi connectivity index (χ4n) is 3.38. The molecule has 1 rings (SSSR count). The average Bonchev–Trinajstić information content (AvgIpc) is 2.90. The molecular weight excluding hydrogens is 643 g/mol. The van der Waals surface area contributed by atoms with Gasteiger partial charge in [0.05, 0.1) is 19.4 Å². The first kappa shape index (κ1) is 38.7. The summed E-state index contributed by atoms with van der Waals surface area (Å²) in [4.78, 5) is 34.6. The molecule has 0 saturated carbocycles. The SMILES string of the molecule is O=C(CCCCCCC(=O)Nc1ccc(CC(=O)OCCC(F)(F)C(F)(F)C(F)(F)C(F)(F)C(F)(F)C(F)(F)F)cc1)NO. The van der Waals surface area contributed by atoms with Crippen LogP contribution in [0.3, 0.4) is 0 Å². The molecule has 2 amide bonds. The maximum absolute atomic E-state index is 13.8. The Morgan fingerprint density at radius 3 is 1.61 bits per heavy atom. The minimum absolute atomic E-state index is 0.0950. The number of amides is 2. The highest BCUT2D eigenvalue weighted by Crippen LogP contribution is 2.60. The number of alkyl halides is 13.